The summed E-state index contributed by atoms with van der Waals surface area (Å²) in [5.74, 6) is -4.46. The molecule has 4 aliphatic rings. The van der Waals surface area contributed by atoms with Gasteiger partial charge in [0, 0.05) is 54.6 Å². The summed E-state index contributed by atoms with van der Waals surface area (Å²) < 4.78 is 22.6. The lowest BCUT2D eigenvalue weighted by atomic mass is 9.72. The Bertz CT molecular complexity index is 1870. The number of phenolic OH excluding ortho intramolecular Hbond substituents is 2. The third-order valence-electron chi connectivity index (χ3n) is 10.4. The molecule has 0 radical (unpaired) electrons. The van der Waals surface area contributed by atoms with Crippen LogP contribution in [-0.4, -0.2) is 123 Å². The molecule has 16 nitrogen and oxygen atoms in total. The van der Waals surface area contributed by atoms with Gasteiger partial charge in [-0.05, 0) is 32.3 Å². The fraction of sp³-hybridized carbons (Fsp3) is 0.486. The van der Waals surface area contributed by atoms with Crippen LogP contribution in [0.2, 0.25) is 0 Å². The van der Waals surface area contributed by atoms with Gasteiger partial charge < -0.3 is 54.7 Å². The van der Waals surface area contributed by atoms with E-state index in [9.17, 15) is 49.5 Å². The number of hydrogen-bond donors (Lipinski definition) is 6. The lowest BCUT2D eigenvalue weighted by molar-refractivity contribution is -0.249. The van der Waals surface area contributed by atoms with Crippen LogP contribution in [0.15, 0.2) is 30.4 Å². The lowest BCUT2D eigenvalue weighted by Crippen LogP contribution is -2.56. The van der Waals surface area contributed by atoms with Gasteiger partial charge in [-0.1, -0.05) is 18.7 Å². The van der Waals surface area contributed by atoms with Gasteiger partial charge >= 0.3 is 6.09 Å². The fourth-order valence-corrected chi connectivity index (χ4v) is 7.59. The molecule has 2 amide bonds. The van der Waals surface area contributed by atoms with Crippen molar-refractivity contribution in [1.29, 1.82) is 0 Å². The summed E-state index contributed by atoms with van der Waals surface area (Å²) in [6, 6.07) is 3.25. The Kier molecular flexibility index (Phi) is 10.6. The zero-order valence-electron chi connectivity index (χ0n) is 29.3. The van der Waals surface area contributed by atoms with Crippen LogP contribution in [-0.2, 0) is 30.2 Å². The minimum Gasteiger partial charge on any atom is -0.507 e. The Labute approximate surface area is 303 Å². The summed E-state index contributed by atoms with van der Waals surface area (Å²) in [5.41, 5.74) is -4.07. The number of Topliss-reactive ketones (excluding diaryl/α,β-unsaturated/α-hetero) is 1. The second kappa shape index (κ2) is 14.9. The predicted octanol–water partition coefficient (Wildman–Crippen LogP) is 1.34. The molecule has 0 aromatic heterocycles. The minimum atomic E-state index is -2.36. The topological polar surface area (TPSA) is 239 Å². The number of aliphatic hydroxyl groups excluding tert-OH is 2. The molecule has 2 aromatic rings. The zero-order valence-corrected chi connectivity index (χ0v) is 29.3. The largest absolute Gasteiger partial charge is 0.507 e. The van der Waals surface area contributed by atoms with Crippen LogP contribution in [0.5, 0.6) is 17.2 Å². The molecule has 2 aliphatic carbocycles. The molecule has 0 saturated carbocycles. The highest BCUT2D eigenvalue weighted by molar-refractivity contribution is 6.31. The molecule has 2 heterocycles. The number of nitrogens with zero attached hydrogens (tertiary/aromatic N) is 1. The van der Waals surface area contributed by atoms with E-state index >= 15 is 0 Å². The molecular formula is C37H42N2O14. The number of nitrogens with one attached hydrogen (secondary N) is 1. The second-order valence-electron chi connectivity index (χ2n) is 13.8. The average Bonchev–Trinajstić information content (AvgIpc) is 3.15. The number of piperidine rings is 1. The van der Waals surface area contributed by atoms with E-state index in [-0.39, 0.29) is 45.9 Å². The van der Waals surface area contributed by atoms with Crippen molar-refractivity contribution in [2.75, 3.05) is 33.4 Å². The summed E-state index contributed by atoms with van der Waals surface area (Å²) in [6.07, 6.45) is -4.69. The van der Waals surface area contributed by atoms with Crippen molar-refractivity contribution < 1.29 is 68.5 Å². The molecule has 53 heavy (non-hydrogen) atoms. The Morgan fingerprint density at radius 2 is 1.75 bits per heavy atom. The predicted molar refractivity (Wildman–Crippen MR) is 182 cm³/mol. The van der Waals surface area contributed by atoms with Crippen molar-refractivity contribution in [2.24, 2.45) is 0 Å². The van der Waals surface area contributed by atoms with Gasteiger partial charge in [-0.3, -0.25) is 19.2 Å². The lowest BCUT2D eigenvalue weighted by Gasteiger charge is -2.42. The number of ketones is 3. The number of amides is 2. The monoisotopic (exact) mass is 738 g/mol. The molecule has 284 valence electrons. The number of hydrogen-bond acceptors (Lipinski definition) is 14. The van der Waals surface area contributed by atoms with Gasteiger partial charge in [0.25, 0.3) is 5.91 Å². The van der Waals surface area contributed by atoms with E-state index < -0.39 is 108 Å². The van der Waals surface area contributed by atoms with Gasteiger partial charge in [-0.2, -0.15) is 0 Å². The third-order valence-corrected chi connectivity index (χ3v) is 10.4. The first-order valence-electron chi connectivity index (χ1n) is 17.3. The van der Waals surface area contributed by atoms with Gasteiger partial charge in [0.1, 0.15) is 42.2 Å². The highest BCUT2D eigenvalue weighted by atomic mass is 16.7. The number of methoxy groups -OCH3 is 1. The quantitative estimate of drug-likeness (QED) is 0.134. The van der Waals surface area contributed by atoms with Crippen molar-refractivity contribution in [3.63, 3.8) is 0 Å². The third kappa shape index (κ3) is 6.88. The van der Waals surface area contributed by atoms with E-state index in [1.807, 2.05) is 0 Å². The number of fused-ring (bicyclic) bond motifs is 3. The van der Waals surface area contributed by atoms with E-state index in [1.165, 1.54) is 32.2 Å². The highest BCUT2D eigenvalue weighted by Gasteiger charge is 2.50. The Morgan fingerprint density at radius 3 is 2.43 bits per heavy atom. The zero-order chi connectivity index (χ0) is 38.4. The number of carbonyl (C=O) groups excluding carboxylic acids is 5. The maximum Gasteiger partial charge on any atom is 0.407 e. The number of rotatable bonds is 9. The van der Waals surface area contributed by atoms with Crippen LogP contribution in [0, 0.1) is 0 Å². The summed E-state index contributed by atoms with van der Waals surface area (Å²) in [4.78, 5) is 67.6. The van der Waals surface area contributed by atoms with Gasteiger partial charge in [-0.25, -0.2) is 4.79 Å². The average molecular weight is 739 g/mol. The smallest absolute Gasteiger partial charge is 0.407 e. The molecule has 2 aromatic carbocycles. The minimum absolute atomic E-state index is 0.0527. The summed E-state index contributed by atoms with van der Waals surface area (Å²) in [6.45, 7) is 4.93. The number of alkyl carbamates (subject to hydrolysis) is 1. The van der Waals surface area contributed by atoms with E-state index in [1.54, 1.807) is 4.90 Å². The molecule has 0 unspecified atom stereocenters. The summed E-state index contributed by atoms with van der Waals surface area (Å²) in [5, 5.41) is 57.9. The molecule has 2 saturated heterocycles. The number of likely N-dealkylation sites (tertiary alicyclic amines) is 1. The SMILES string of the molecule is C=C(COC(=O)N[C@@H]1C[C@@H](O[C@@H]2C[C@@](O)(C(=O)CO)Cc3c(O)c4c(c(O)c32)C(=O)c2c(OC)cccc2C4=O)O[C@H](C)[C@@H]1O)C(=O)N1CCCCC1. The van der Waals surface area contributed by atoms with Gasteiger partial charge in [0.15, 0.2) is 17.9 Å². The molecule has 6 atom stereocenters. The van der Waals surface area contributed by atoms with Crippen LogP contribution < -0.4 is 10.1 Å². The van der Waals surface area contributed by atoms with E-state index in [0.717, 1.165) is 19.3 Å². The molecule has 2 aliphatic heterocycles. The molecule has 6 N–H and O–H groups in total. The highest BCUT2D eigenvalue weighted by Crippen LogP contribution is 2.52. The molecule has 0 spiro atoms. The van der Waals surface area contributed by atoms with Crippen molar-refractivity contribution in [1.82, 2.24) is 10.2 Å². The van der Waals surface area contributed by atoms with Gasteiger partial charge in [0.05, 0.1) is 42.0 Å². The second-order valence-corrected chi connectivity index (χ2v) is 13.8. The van der Waals surface area contributed by atoms with Crippen LogP contribution in [0.4, 0.5) is 4.79 Å². The van der Waals surface area contributed by atoms with E-state index in [0.29, 0.717) is 13.1 Å². The molecular weight excluding hydrogens is 696 g/mol. The number of phenols is 2. The van der Waals surface area contributed by atoms with Crippen molar-refractivity contribution >= 4 is 29.4 Å². The fourth-order valence-electron chi connectivity index (χ4n) is 7.59. The molecule has 0 bridgehead atoms. The summed E-state index contributed by atoms with van der Waals surface area (Å²) >= 11 is 0. The van der Waals surface area contributed by atoms with Crippen LogP contribution in [0.3, 0.4) is 0 Å². The van der Waals surface area contributed by atoms with Gasteiger partial charge in [0.2, 0.25) is 5.78 Å². The van der Waals surface area contributed by atoms with Crippen molar-refractivity contribution in [2.45, 2.75) is 81.7 Å². The Balaban J connectivity index is 1.27. The van der Waals surface area contributed by atoms with Gasteiger partial charge in [-0.15, -0.1) is 0 Å². The Hall–Kier alpha value is -4.87. The first-order chi connectivity index (χ1) is 25.2. The van der Waals surface area contributed by atoms with Crippen LogP contribution >= 0.6 is 0 Å². The number of aromatic hydroxyl groups is 2. The first-order valence-corrected chi connectivity index (χ1v) is 17.3. The summed E-state index contributed by atoms with van der Waals surface area (Å²) in [7, 11) is 1.30. The maximum absolute atomic E-state index is 13.9. The standard InChI is InChI=1S/C37H42N2O14/c1-17(35(47)39-10-5-4-6-11-39)16-51-36(48)38-21-12-25(52-18(2)30(21)42)53-23-14-37(49,24(41)15-40)13-20-27(23)34(46)29-28(32(20)44)31(43)19-8-7-9-22(50-3)26(19)33(29)45/h7-9,18,21,23,25,30,40,42,44,46,49H,1,4-6,10-16H2,2-3H3,(H,38,48)/t18-,21-,23-,25-,30+,37-/m1/s1. The van der Waals surface area contributed by atoms with E-state index in [2.05, 4.69) is 11.9 Å². The first kappa shape index (κ1) is 37.9. The van der Waals surface area contributed by atoms with Crippen LogP contribution in [0.1, 0.15) is 88.1 Å². The van der Waals surface area contributed by atoms with Crippen LogP contribution in [0.25, 0.3) is 0 Å². The number of aliphatic hydroxyl groups is 3. The maximum atomic E-state index is 13.9. The molecule has 6 rings (SSSR count). The number of carbonyl (C=O) groups is 5. The van der Waals surface area contributed by atoms with E-state index in [4.69, 9.17) is 18.9 Å². The van der Waals surface area contributed by atoms with Crippen molar-refractivity contribution in [3.05, 3.63) is 63.7 Å². The number of benzene rings is 2. The number of ether oxygens (including phenoxy) is 4. The Morgan fingerprint density at radius 1 is 1.06 bits per heavy atom. The molecule has 16 heteroatoms. The molecule has 2 fully saturated rings. The van der Waals surface area contributed by atoms with Crippen molar-refractivity contribution in [3.8, 4) is 17.2 Å². The normalized spacial score (nSPS) is 26.5.